The smallest absolute Gasteiger partial charge is 0.0450 e. The first-order chi connectivity index (χ1) is 23.8. The largest absolute Gasteiger partial charge is 0.338 e. The van der Waals surface area contributed by atoms with Crippen molar-refractivity contribution in [1.82, 2.24) is 0 Å². The molecule has 1 fully saturated rings. The molecule has 0 spiro atoms. The highest BCUT2D eigenvalue weighted by molar-refractivity contribution is 5.91. The normalized spacial score (nSPS) is 16.4. The van der Waals surface area contributed by atoms with Gasteiger partial charge in [0.05, 0.1) is 0 Å². The van der Waals surface area contributed by atoms with Gasteiger partial charge in [-0.1, -0.05) is 164 Å². The van der Waals surface area contributed by atoms with E-state index in [1.807, 2.05) is 0 Å². The lowest BCUT2D eigenvalue weighted by Crippen LogP contribution is -2.26. The van der Waals surface area contributed by atoms with Crippen molar-refractivity contribution in [2.24, 2.45) is 0 Å². The second-order valence-electron chi connectivity index (χ2n) is 12.8. The molecule has 1 heterocycles. The molecular weight excluding hydrogens is 579 g/mol. The zero-order valence-corrected chi connectivity index (χ0v) is 27.1. The summed E-state index contributed by atoms with van der Waals surface area (Å²) in [6.07, 6.45) is 12.8. The van der Waals surface area contributed by atoms with E-state index in [0.717, 1.165) is 0 Å². The van der Waals surface area contributed by atoms with E-state index in [9.17, 15) is 0 Å². The van der Waals surface area contributed by atoms with Gasteiger partial charge in [-0.05, 0) is 93.3 Å². The van der Waals surface area contributed by atoms with Gasteiger partial charge in [-0.25, -0.2) is 0 Å². The number of nitrogens with zero attached hydrogens (tertiary/aromatic N) is 1. The van der Waals surface area contributed by atoms with Crippen molar-refractivity contribution in [2.45, 2.75) is 31.2 Å². The molecule has 1 saturated carbocycles. The first kappa shape index (κ1) is 29.7. The number of fused-ring (bicyclic) bond motifs is 3. The Morgan fingerprint density at radius 2 is 1.04 bits per heavy atom. The summed E-state index contributed by atoms with van der Waals surface area (Å²) in [6, 6.07) is 59.5. The van der Waals surface area contributed by atoms with Gasteiger partial charge in [-0.2, -0.15) is 0 Å². The predicted molar refractivity (Wildman–Crippen MR) is 204 cm³/mol. The molecule has 2 aliphatic rings. The van der Waals surface area contributed by atoms with E-state index in [2.05, 4.69) is 193 Å². The van der Waals surface area contributed by atoms with Crippen LogP contribution in [0, 0.1) is 0 Å². The Bertz CT molecular complexity index is 1990. The van der Waals surface area contributed by atoms with Crippen LogP contribution in [0.4, 0.5) is 11.4 Å². The monoisotopic (exact) mass is 617 g/mol. The number of hydrogen-bond donors (Lipinski definition) is 0. The molecule has 1 aliphatic carbocycles. The lowest BCUT2D eigenvalue weighted by Gasteiger charge is -2.27. The maximum Gasteiger partial charge on any atom is 0.0450 e. The average molecular weight is 618 g/mol. The summed E-state index contributed by atoms with van der Waals surface area (Å²) < 4.78 is 0. The fourth-order valence-corrected chi connectivity index (χ4v) is 7.63. The lowest BCUT2D eigenvalue weighted by molar-refractivity contribution is 0.642. The molecule has 8 rings (SSSR count). The standard InChI is InChI=1S/C47H39N/c1-5-16-37(17-6-1)42(38-18-7-2-8-19-38)24-13-15-35-29-32-47-45(34-35)43-25-14-26-46(43)48(47)41-30-27-36(28-31-41)33-44(39-20-9-3-10-21-39)40-22-11-4-12-23-40/h1-13,15-24,27-34,43,46H,14,25-26H2. The fraction of sp³-hybridized carbons (Fsp3) is 0.106. The van der Waals surface area contributed by atoms with Gasteiger partial charge < -0.3 is 4.90 Å². The number of hydrogen-bond acceptors (Lipinski definition) is 1. The molecule has 0 saturated heterocycles. The van der Waals surface area contributed by atoms with E-state index < -0.39 is 0 Å². The van der Waals surface area contributed by atoms with E-state index >= 15 is 0 Å². The molecule has 2 unspecified atom stereocenters. The summed E-state index contributed by atoms with van der Waals surface area (Å²) in [5.74, 6) is 0.579. The lowest BCUT2D eigenvalue weighted by atomic mass is 9.95. The van der Waals surface area contributed by atoms with Crippen molar-refractivity contribution in [3.05, 3.63) is 215 Å². The van der Waals surface area contributed by atoms with Crippen molar-refractivity contribution in [3.63, 3.8) is 0 Å². The number of allylic oxidation sites excluding steroid dienone is 2. The number of rotatable bonds is 8. The second-order valence-corrected chi connectivity index (χ2v) is 12.8. The van der Waals surface area contributed by atoms with Crippen LogP contribution < -0.4 is 4.90 Å². The highest BCUT2D eigenvalue weighted by Gasteiger charge is 2.42. The van der Waals surface area contributed by atoms with Gasteiger partial charge in [0, 0.05) is 23.3 Å². The van der Waals surface area contributed by atoms with Crippen LogP contribution in [-0.4, -0.2) is 6.04 Å². The van der Waals surface area contributed by atoms with E-state index in [1.54, 1.807) is 0 Å². The van der Waals surface area contributed by atoms with Crippen LogP contribution in [-0.2, 0) is 0 Å². The number of benzene rings is 6. The topological polar surface area (TPSA) is 3.24 Å². The molecule has 232 valence electrons. The summed E-state index contributed by atoms with van der Waals surface area (Å²) in [5, 5.41) is 0. The predicted octanol–water partition coefficient (Wildman–Crippen LogP) is 12.2. The van der Waals surface area contributed by atoms with Gasteiger partial charge in [-0.15, -0.1) is 0 Å². The van der Waals surface area contributed by atoms with Gasteiger partial charge in [-0.3, -0.25) is 0 Å². The van der Waals surface area contributed by atoms with Crippen LogP contribution in [0.15, 0.2) is 176 Å². The minimum Gasteiger partial charge on any atom is -0.338 e. The van der Waals surface area contributed by atoms with Crippen LogP contribution >= 0.6 is 0 Å². The zero-order chi connectivity index (χ0) is 32.1. The Balaban J connectivity index is 1.08. The second kappa shape index (κ2) is 13.6. The van der Waals surface area contributed by atoms with Crippen LogP contribution in [0.1, 0.15) is 64.1 Å². The highest BCUT2D eigenvalue weighted by atomic mass is 15.2. The quantitative estimate of drug-likeness (QED) is 0.121. The van der Waals surface area contributed by atoms with Crippen molar-refractivity contribution in [1.29, 1.82) is 0 Å². The summed E-state index contributed by atoms with van der Waals surface area (Å²) in [5.41, 5.74) is 14.0. The Morgan fingerprint density at radius 1 is 0.521 bits per heavy atom. The molecular formula is C47H39N. The van der Waals surface area contributed by atoms with Gasteiger partial charge in [0.2, 0.25) is 0 Å². The van der Waals surface area contributed by atoms with Crippen molar-refractivity contribution < 1.29 is 0 Å². The summed E-state index contributed by atoms with van der Waals surface area (Å²) in [6.45, 7) is 0. The molecule has 6 aromatic carbocycles. The third-order valence-electron chi connectivity index (χ3n) is 9.89. The van der Waals surface area contributed by atoms with Crippen LogP contribution in [0.25, 0.3) is 23.3 Å². The molecule has 1 heteroatoms. The minimum absolute atomic E-state index is 0.521. The van der Waals surface area contributed by atoms with Crippen molar-refractivity contribution >= 4 is 34.7 Å². The third-order valence-corrected chi connectivity index (χ3v) is 9.89. The highest BCUT2D eigenvalue weighted by Crippen LogP contribution is 2.52. The molecule has 48 heavy (non-hydrogen) atoms. The Morgan fingerprint density at radius 3 is 1.60 bits per heavy atom. The molecule has 0 amide bonds. The Hall–Kier alpha value is -5.66. The van der Waals surface area contributed by atoms with E-state index in [4.69, 9.17) is 0 Å². The molecule has 6 aromatic rings. The fourth-order valence-electron chi connectivity index (χ4n) is 7.63. The summed E-state index contributed by atoms with van der Waals surface area (Å²) >= 11 is 0. The molecule has 2 atom stereocenters. The van der Waals surface area contributed by atoms with E-state index in [-0.39, 0.29) is 0 Å². The van der Waals surface area contributed by atoms with Crippen LogP contribution in [0.2, 0.25) is 0 Å². The molecule has 0 bridgehead atoms. The van der Waals surface area contributed by atoms with E-state index in [1.165, 1.54) is 80.7 Å². The van der Waals surface area contributed by atoms with Crippen molar-refractivity contribution in [2.75, 3.05) is 4.90 Å². The van der Waals surface area contributed by atoms with Gasteiger partial charge in [0.25, 0.3) is 0 Å². The molecule has 1 nitrogen and oxygen atoms in total. The van der Waals surface area contributed by atoms with Gasteiger partial charge in [0.1, 0.15) is 0 Å². The van der Waals surface area contributed by atoms with Gasteiger partial charge in [0.15, 0.2) is 0 Å². The maximum atomic E-state index is 2.62. The maximum absolute atomic E-state index is 2.62. The third kappa shape index (κ3) is 6.08. The first-order valence-corrected chi connectivity index (χ1v) is 17.2. The zero-order valence-electron chi connectivity index (χ0n) is 27.1. The molecule has 0 N–H and O–H groups in total. The van der Waals surface area contributed by atoms with Gasteiger partial charge >= 0.3 is 0 Å². The minimum atomic E-state index is 0.521. The Labute approximate surface area is 284 Å². The molecule has 1 aliphatic heterocycles. The van der Waals surface area contributed by atoms with Crippen LogP contribution in [0.5, 0.6) is 0 Å². The summed E-state index contributed by atoms with van der Waals surface area (Å²) in [4.78, 5) is 2.62. The van der Waals surface area contributed by atoms with Crippen LogP contribution in [0.3, 0.4) is 0 Å². The summed E-state index contributed by atoms with van der Waals surface area (Å²) in [7, 11) is 0. The number of anilines is 2. The molecule has 0 radical (unpaired) electrons. The molecule has 0 aromatic heterocycles. The Kier molecular flexibility index (Phi) is 8.42. The average Bonchev–Trinajstić information content (AvgIpc) is 3.75. The SMILES string of the molecule is C(=Cc1ccc2c(c1)C1CCCC1N2c1ccc(C=C(c2ccccc2)c2ccccc2)cc1)C=C(c1ccccc1)c1ccccc1. The first-order valence-electron chi connectivity index (χ1n) is 17.2. The van der Waals surface area contributed by atoms with Crippen molar-refractivity contribution in [3.8, 4) is 0 Å². The van der Waals surface area contributed by atoms with E-state index in [0.29, 0.717) is 12.0 Å².